The van der Waals surface area contributed by atoms with Crippen molar-refractivity contribution in [3.05, 3.63) is 24.3 Å². The summed E-state index contributed by atoms with van der Waals surface area (Å²) < 4.78 is 0. The number of aromatic nitrogens is 2. The number of hydrogen-bond donors (Lipinski definition) is 1. The van der Waals surface area contributed by atoms with Crippen LogP contribution in [0.1, 0.15) is 46.4 Å². The highest BCUT2D eigenvalue weighted by Crippen LogP contribution is 2.30. The largest absolute Gasteiger partial charge is 0.309 e. The highest BCUT2D eigenvalue weighted by molar-refractivity contribution is 5.03. The van der Waals surface area contributed by atoms with Gasteiger partial charge in [0.2, 0.25) is 0 Å². The molecule has 2 rings (SSSR count). The fourth-order valence-corrected chi connectivity index (χ4v) is 2.97. The number of hydrogen-bond acceptors (Lipinski definition) is 4. The molecule has 0 aromatic carbocycles. The zero-order chi connectivity index (χ0) is 13.9. The molecule has 1 N–H and O–H groups in total. The molecule has 106 valence electrons. The van der Waals surface area contributed by atoms with Crippen LogP contribution in [0.15, 0.2) is 18.5 Å². The van der Waals surface area contributed by atoms with Gasteiger partial charge in [-0.3, -0.25) is 4.90 Å². The van der Waals surface area contributed by atoms with E-state index in [1.807, 2.05) is 18.5 Å². The maximum Gasteiger partial charge on any atom is 0.142 e. The molecule has 1 aliphatic heterocycles. The molecular formula is C15H26N4. The van der Waals surface area contributed by atoms with Crippen LogP contribution in [-0.2, 0) is 6.54 Å². The van der Waals surface area contributed by atoms with Crippen LogP contribution in [0.3, 0.4) is 0 Å². The molecule has 1 aliphatic rings. The summed E-state index contributed by atoms with van der Waals surface area (Å²) in [5.41, 5.74) is 0.386. The number of piperazine rings is 1. The Balaban J connectivity index is 2.21. The van der Waals surface area contributed by atoms with Gasteiger partial charge in [0.25, 0.3) is 0 Å². The monoisotopic (exact) mass is 262 g/mol. The van der Waals surface area contributed by atoms with E-state index in [9.17, 15) is 0 Å². The van der Waals surface area contributed by atoms with Crippen molar-refractivity contribution in [3.63, 3.8) is 0 Å². The van der Waals surface area contributed by atoms with E-state index in [-0.39, 0.29) is 11.1 Å². The molecule has 1 aromatic rings. The van der Waals surface area contributed by atoms with Crippen molar-refractivity contribution in [2.45, 2.75) is 58.2 Å². The van der Waals surface area contributed by atoms with Gasteiger partial charge in [0.05, 0.1) is 6.54 Å². The Hall–Kier alpha value is -1.00. The van der Waals surface area contributed by atoms with Gasteiger partial charge in [-0.1, -0.05) is 13.8 Å². The molecule has 0 aliphatic carbocycles. The van der Waals surface area contributed by atoms with Crippen molar-refractivity contribution in [3.8, 4) is 0 Å². The molecule has 0 amide bonds. The molecule has 0 spiro atoms. The van der Waals surface area contributed by atoms with Gasteiger partial charge >= 0.3 is 0 Å². The first-order chi connectivity index (χ1) is 9.01. The normalized spacial score (nSPS) is 22.3. The second-order valence-corrected chi connectivity index (χ2v) is 6.19. The molecule has 1 fully saturated rings. The van der Waals surface area contributed by atoms with E-state index in [2.05, 4.69) is 47.9 Å². The van der Waals surface area contributed by atoms with E-state index in [4.69, 9.17) is 0 Å². The summed E-state index contributed by atoms with van der Waals surface area (Å²) in [4.78, 5) is 11.3. The molecule has 0 bridgehead atoms. The van der Waals surface area contributed by atoms with Gasteiger partial charge in [0, 0.05) is 36.6 Å². The lowest BCUT2D eigenvalue weighted by Gasteiger charge is -2.52. The molecule has 0 saturated carbocycles. The maximum absolute atomic E-state index is 4.38. The first-order valence-corrected chi connectivity index (χ1v) is 7.27. The molecule has 19 heavy (non-hydrogen) atoms. The summed E-state index contributed by atoms with van der Waals surface area (Å²) >= 11 is 0. The number of nitrogens with zero attached hydrogens (tertiary/aromatic N) is 3. The fourth-order valence-electron chi connectivity index (χ4n) is 2.97. The molecule has 2 heterocycles. The number of nitrogens with one attached hydrogen (secondary N) is 1. The van der Waals surface area contributed by atoms with E-state index in [1.54, 1.807) is 0 Å². The van der Waals surface area contributed by atoms with Crippen LogP contribution in [-0.4, -0.2) is 39.0 Å². The zero-order valence-corrected chi connectivity index (χ0v) is 12.6. The first-order valence-electron chi connectivity index (χ1n) is 7.27. The highest BCUT2D eigenvalue weighted by atomic mass is 15.3. The molecular weight excluding hydrogens is 236 g/mol. The van der Waals surface area contributed by atoms with Gasteiger partial charge in [-0.2, -0.15) is 0 Å². The molecule has 0 atom stereocenters. The second kappa shape index (κ2) is 5.55. The van der Waals surface area contributed by atoms with Crippen LogP contribution >= 0.6 is 0 Å². The van der Waals surface area contributed by atoms with E-state index >= 15 is 0 Å². The lowest BCUT2D eigenvalue weighted by atomic mass is 9.84. The Morgan fingerprint density at radius 3 is 2.42 bits per heavy atom. The topological polar surface area (TPSA) is 41.0 Å². The van der Waals surface area contributed by atoms with Crippen LogP contribution in [0.25, 0.3) is 0 Å². The van der Waals surface area contributed by atoms with Crippen molar-refractivity contribution in [2.75, 3.05) is 13.1 Å². The Kier molecular flexibility index (Phi) is 4.21. The third-order valence-electron chi connectivity index (χ3n) is 4.42. The highest BCUT2D eigenvalue weighted by Gasteiger charge is 2.41. The third kappa shape index (κ3) is 3.12. The Morgan fingerprint density at radius 2 is 1.84 bits per heavy atom. The van der Waals surface area contributed by atoms with Gasteiger partial charge in [-0.25, -0.2) is 9.97 Å². The smallest absolute Gasteiger partial charge is 0.142 e. The van der Waals surface area contributed by atoms with Gasteiger partial charge in [0.1, 0.15) is 5.82 Å². The SMILES string of the molecule is CCC1(CC)CNC(C)(C)CN1Cc1ncccn1. The minimum atomic E-state index is 0.155. The average Bonchev–Trinajstić information content (AvgIpc) is 2.40. The van der Waals surface area contributed by atoms with Gasteiger partial charge < -0.3 is 5.32 Å². The Bertz CT molecular complexity index is 398. The van der Waals surface area contributed by atoms with E-state index in [0.717, 1.165) is 38.3 Å². The van der Waals surface area contributed by atoms with Crippen LogP contribution in [0.5, 0.6) is 0 Å². The van der Waals surface area contributed by atoms with Crippen molar-refractivity contribution >= 4 is 0 Å². The van der Waals surface area contributed by atoms with E-state index in [0.29, 0.717) is 0 Å². The molecule has 0 unspecified atom stereocenters. The Morgan fingerprint density at radius 1 is 1.21 bits per heavy atom. The van der Waals surface area contributed by atoms with Crippen molar-refractivity contribution in [1.82, 2.24) is 20.2 Å². The van der Waals surface area contributed by atoms with Crippen LogP contribution < -0.4 is 5.32 Å². The fraction of sp³-hybridized carbons (Fsp3) is 0.733. The van der Waals surface area contributed by atoms with Gasteiger partial charge in [-0.15, -0.1) is 0 Å². The quantitative estimate of drug-likeness (QED) is 0.903. The van der Waals surface area contributed by atoms with Gasteiger partial charge in [-0.05, 0) is 32.8 Å². The van der Waals surface area contributed by atoms with Crippen molar-refractivity contribution in [1.29, 1.82) is 0 Å². The average molecular weight is 262 g/mol. The summed E-state index contributed by atoms with van der Waals surface area (Å²) in [6.45, 7) is 12.0. The lowest BCUT2D eigenvalue weighted by Crippen LogP contribution is -2.67. The van der Waals surface area contributed by atoms with Crippen molar-refractivity contribution in [2.24, 2.45) is 0 Å². The van der Waals surface area contributed by atoms with E-state index in [1.165, 1.54) is 0 Å². The standard InChI is InChI=1S/C15H26N4/c1-5-15(6-2)11-18-14(3,4)12-19(15)10-13-16-8-7-9-17-13/h7-9,18H,5-6,10-12H2,1-4H3. The van der Waals surface area contributed by atoms with E-state index < -0.39 is 0 Å². The van der Waals surface area contributed by atoms with Crippen LogP contribution in [0.2, 0.25) is 0 Å². The second-order valence-electron chi connectivity index (χ2n) is 6.19. The minimum Gasteiger partial charge on any atom is -0.309 e. The van der Waals surface area contributed by atoms with Crippen LogP contribution in [0, 0.1) is 0 Å². The number of rotatable bonds is 4. The van der Waals surface area contributed by atoms with Crippen molar-refractivity contribution < 1.29 is 0 Å². The summed E-state index contributed by atoms with van der Waals surface area (Å²) in [6, 6.07) is 1.87. The Labute approximate surface area is 116 Å². The summed E-state index contributed by atoms with van der Waals surface area (Å²) in [5, 5.41) is 3.68. The molecule has 4 nitrogen and oxygen atoms in total. The lowest BCUT2D eigenvalue weighted by molar-refractivity contribution is 0.000512. The summed E-state index contributed by atoms with van der Waals surface area (Å²) in [6.07, 6.45) is 5.96. The third-order valence-corrected chi connectivity index (χ3v) is 4.42. The minimum absolute atomic E-state index is 0.155. The molecule has 1 aromatic heterocycles. The molecule has 1 saturated heterocycles. The van der Waals surface area contributed by atoms with Gasteiger partial charge in [0.15, 0.2) is 0 Å². The first kappa shape index (κ1) is 14.4. The maximum atomic E-state index is 4.38. The zero-order valence-electron chi connectivity index (χ0n) is 12.6. The molecule has 0 radical (unpaired) electrons. The molecule has 4 heteroatoms. The summed E-state index contributed by atoms with van der Waals surface area (Å²) in [7, 11) is 0. The summed E-state index contributed by atoms with van der Waals surface area (Å²) in [5.74, 6) is 0.923. The predicted molar refractivity (Wildman–Crippen MR) is 77.8 cm³/mol. The van der Waals surface area contributed by atoms with Crippen LogP contribution in [0.4, 0.5) is 0 Å². The predicted octanol–water partition coefficient (Wildman–Crippen LogP) is 2.22.